The van der Waals surface area contributed by atoms with Gasteiger partial charge in [0.1, 0.15) is 11.5 Å². The normalized spacial score (nSPS) is 11.4. The molecule has 5 heteroatoms. The maximum Gasteiger partial charge on any atom is 0.164 e. The van der Waals surface area contributed by atoms with Gasteiger partial charge in [-0.3, -0.25) is 0 Å². The van der Waals surface area contributed by atoms with Crippen molar-refractivity contribution >= 4 is 24.3 Å². The number of aryl methyl sites for hydroxylation is 1. The Balaban J connectivity index is 1.56. The summed E-state index contributed by atoms with van der Waals surface area (Å²) >= 11 is 0. The molecule has 0 aliphatic heterocycles. The van der Waals surface area contributed by atoms with E-state index in [1.807, 2.05) is 25.1 Å². The third-order valence-corrected chi connectivity index (χ3v) is 7.12. The van der Waals surface area contributed by atoms with Crippen molar-refractivity contribution in [1.82, 2.24) is 0 Å². The zero-order valence-electron chi connectivity index (χ0n) is 25.6. The number of ether oxygens (including phenoxy) is 5. The average Bonchev–Trinajstić information content (AvgIpc) is 2.99. The number of hydrogen-bond acceptors (Lipinski definition) is 5. The van der Waals surface area contributed by atoms with E-state index in [1.54, 1.807) is 28.4 Å². The van der Waals surface area contributed by atoms with Gasteiger partial charge in [0.05, 0.1) is 27.9 Å². The highest BCUT2D eigenvalue weighted by molar-refractivity contribution is 5.75. The summed E-state index contributed by atoms with van der Waals surface area (Å²) in [5, 5.41) is 0. The minimum atomic E-state index is 0.705. The van der Waals surface area contributed by atoms with Crippen molar-refractivity contribution in [2.24, 2.45) is 0 Å². The van der Waals surface area contributed by atoms with Gasteiger partial charge in [0.2, 0.25) is 0 Å². The SMILES string of the molecule is COCCCCCCCCOc1c(C)cc(C=Cc2ccc(C=Cc3cc(OC)c(C)c(OC)c3)cc2)cc1OC. The van der Waals surface area contributed by atoms with Crippen LogP contribution in [0.5, 0.6) is 23.0 Å². The summed E-state index contributed by atoms with van der Waals surface area (Å²) in [6.45, 7) is 5.63. The third kappa shape index (κ3) is 10.0. The predicted molar refractivity (Wildman–Crippen MR) is 171 cm³/mol. The fraction of sp³-hybridized carbons (Fsp3) is 0.389. The second-order valence-corrected chi connectivity index (χ2v) is 10.2. The van der Waals surface area contributed by atoms with E-state index in [0.29, 0.717) is 6.61 Å². The molecule has 220 valence electrons. The molecule has 0 fully saturated rings. The van der Waals surface area contributed by atoms with Crippen LogP contribution in [-0.2, 0) is 4.74 Å². The topological polar surface area (TPSA) is 46.2 Å². The zero-order chi connectivity index (χ0) is 29.5. The Morgan fingerprint density at radius 3 is 1.46 bits per heavy atom. The van der Waals surface area contributed by atoms with Crippen LogP contribution >= 0.6 is 0 Å². The van der Waals surface area contributed by atoms with E-state index < -0.39 is 0 Å². The molecule has 3 rings (SSSR count). The maximum absolute atomic E-state index is 6.13. The second-order valence-electron chi connectivity index (χ2n) is 10.2. The van der Waals surface area contributed by atoms with Gasteiger partial charge < -0.3 is 23.7 Å². The molecule has 41 heavy (non-hydrogen) atoms. The van der Waals surface area contributed by atoms with Gasteiger partial charge in [-0.15, -0.1) is 0 Å². The van der Waals surface area contributed by atoms with Gasteiger partial charge in [0.25, 0.3) is 0 Å². The van der Waals surface area contributed by atoms with E-state index >= 15 is 0 Å². The first-order chi connectivity index (χ1) is 20.0. The smallest absolute Gasteiger partial charge is 0.164 e. The van der Waals surface area contributed by atoms with Gasteiger partial charge in [-0.25, -0.2) is 0 Å². The highest BCUT2D eigenvalue weighted by Gasteiger charge is 2.10. The summed E-state index contributed by atoms with van der Waals surface area (Å²) in [6.07, 6.45) is 15.5. The van der Waals surface area contributed by atoms with E-state index in [2.05, 4.69) is 61.6 Å². The number of rotatable bonds is 17. The van der Waals surface area contributed by atoms with Gasteiger partial charge in [-0.2, -0.15) is 0 Å². The van der Waals surface area contributed by atoms with Crippen LogP contribution in [0.3, 0.4) is 0 Å². The van der Waals surface area contributed by atoms with Crippen molar-refractivity contribution < 1.29 is 23.7 Å². The zero-order valence-corrected chi connectivity index (χ0v) is 25.6. The van der Waals surface area contributed by atoms with Gasteiger partial charge in [0.15, 0.2) is 11.5 Å². The first-order valence-electron chi connectivity index (χ1n) is 14.5. The molecule has 0 unspecified atom stereocenters. The summed E-state index contributed by atoms with van der Waals surface area (Å²) in [5.41, 5.74) is 6.42. The van der Waals surface area contributed by atoms with Crippen molar-refractivity contribution in [3.63, 3.8) is 0 Å². The fourth-order valence-electron chi connectivity index (χ4n) is 4.74. The molecule has 0 atom stereocenters. The Hall–Kier alpha value is -3.70. The lowest BCUT2D eigenvalue weighted by molar-refractivity contribution is 0.191. The van der Waals surface area contributed by atoms with Crippen molar-refractivity contribution in [3.8, 4) is 23.0 Å². The van der Waals surface area contributed by atoms with Gasteiger partial charge in [-0.05, 0) is 78.8 Å². The molecule has 0 saturated carbocycles. The van der Waals surface area contributed by atoms with Crippen molar-refractivity contribution in [2.75, 3.05) is 41.7 Å². The number of methoxy groups -OCH3 is 4. The molecular formula is C36H46O5. The Bertz CT molecular complexity index is 1250. The summed E-state index contributed by atoms with van der Waals surface area (Å²) in [7, 11) is 6.82. The lowest BCUT2D eigenvalue weighted by Gasteiger charge is -2.14. The van der Waals surface area contributed by atoms with Crippen LogP contribution in [0.15, 0.2) is 48.5 Å². The maximum atomic E-state index is 6.13. The number of hydrogen-bond donors (Lipinski definition) is 0. The Kier molecular flexibility index (Phi) is 13.3. The highest BCUT2D eigenvalue weighted by atomic mass is 16.5. The molecule has 0 radical (unpaired) electrons. The van der Waals surface area contributed by atoms with Crippen LogP contribution < -0.4 is 18.9 Å². The summed E-state index contributed by atoms with van der Waals surface area (Å²) in [6, 6.07) is 16.7. The van der Waals surface area contributed by atoms with E-state index in [4.69, 9.17) is 23.7 Å². The molecule has 0 heterocycles. The molecule has 0 aliphatic carbocycles. The third-order valence-electron chi connectivity index (χ3n) is 7.12. The molecule has 3 aromatic carbocycles. The molecule has 0 N–H and O–H groups in total. The summed E-state index contributed by atoms with van der Waals surface area (Å²) < 4.78 is 27.9. The van der Waals surface area contributed by atoms with E-state index in [1.165, 1.54) is 25.7 Å². The standard InChI is InChI=1S/C36H46O5/c1-27-23-31(26-35(40-6)36(27)41-22-12-10-8-7-9-11-21-37-3)19-17-29-13-15-30(16-14-29)18-20-32-24-33(38-4)28(2)34(25-32)39-5/h13-20,23-26H,7-12,21-22H2,1-6H3. The van der Waals surface area contributed by atoms with Crippen LogP contribution in [0.4, 0.5) is 0 Å². The largest absolute Gasteiger partial charge is 0.496 e. The second kappa shape index (κ2) is 17.2. The lowest BCUT2D eigenvalue weighted by Crippen LogP contribution is -2.01. The van der Waals surface area contributed by atoms with Crippen molar-refractivity contribution in [2.45, 2.75) is 52.4 Å². The Morgan fingerprint density at radius 1 is 0.512 bits per heavy atom. The minimum Gasteiger partial charge on any atom is -0.496 e. The average molecular weight is 559 g/mol. The molecule has 0 aliphatic rings. The van der Waals surface area contributed by atoms with Crippen LogP contribution in [0.1, 0.15) is 71.9 Å². The highest BCUT2D eigenvalue weighted by Crippen LogP contribution is 2.33. The van der Waals surface area contributed by atoms with Gasteiger partial charge in [0, 0.05) is 19.3 Å². The van der Waals surface area contributed by atoms with Crippen LogP contribution in [0.25, 0.3) is 24.3 Å². The van der Waals surface area contributed by atoms with Gasteiger partial charge >= 0.3 is 0 Å². The first kappa shape index (κ1) is 31.8. The number of unbranched alkanes of at least 4 members (excludes halogenated alkanes) is 5. The Labute approximate surface area is 246 Å². The molecule has 0 saturated heterocycles. The molecule has 0 spiro atoms. The molecule has 0 aromatic heterocycles. The monoisotopic (exact) mass is 558 g/mol. The summed E-state index contributed by atoms with van der Waals surface area (Å²) in [5.74, 6) is 3.24. The minimum absolute atomic E-state index is 0.705. The van der Waals surface area contributed by atoms with Crippen LogP contribution in [-0.4, -0.2) is 41.7 Å². The fourth-order valence-corrected chi connectivity index (χ4v) is 4.74. The first-order valence-corrected chi connectivity index (χ1v) is 14.5. The van der Waals surface area contributed by atoms with E-state index in [0.717, 1.165) is 75.8 Å². The van der Waals surface area contributed by atoms with E-state index in [9.17, 15) is 0 Å². The van der Waals surface area contributed by atoms with Crippen LogP contribution in [0, 0.1) is 13.8 Å². The van der Waals surface area contributed by atoms with Crippen molar-refractivity contribution in [1.29, 1.82) is 0 Å². The molecule has 0 bridgehead atoms. The van der Waals surface area contributed by atoms with Crippen molar-refractivity contribution in [3.05, 3.63) is 81.9 Å². The molecule has 3 aromatic rings. The van der Waals surface area contributed by atoms with Crippen LogP contribution in [0.2, 0.25) is 0 Å². The van der Waals surface area contributed by atoms with Gasteiger partial charge in [-0.1, -0.05) is 74.3 Å². The Morgan fingerprint density at radius 2 is 0.951 bits per heavy atom. The predicted octanol–water partition coefficient (Wildman–Crippen LogP) is 9.04. The molecule has 5 nitrogen and oxygen atoms in total. The quantitative estimate of drug-likeness (QED) is 0.122. The lowest BCUT2D eigenvalue weighted by atomic mass is 10.1. The molecular weight excluding hydrogens is 512 g/mol. The molecule has 0 amide bonds. The number of benzene rings is 3. The van der Waals surface area contributed by atoms with E-state index in [-0.39, 0.29) is 0 Å². The summed E-state index contributed by atoms with van der Waals surface area (Å²) in [4.78, 5) is 0.